The Hall–Kier alpha value is -2.22. The second-order valence-electron chi connectivity index (χ2n) is 6.21. The summed E-state index contributed by atoms with van der Waals surface area (Å²) in [6.45, 7) is 2.06. The van der Waals surface area contributed by atoms with E-state index < -0.39 is 0 Å². The van der Waals surface area contributed by atoms with Crippen LogP contribution in [0.4, 0.5) is 5.13 Å². The topological polar surface area (TPSA) is 82.7 Å². The lowest BCUT2D eigenvalue weighted by atomic mass is 9.97. The molecule has 1 amide bonds. The molecule has 3 heterocycles. The molecule has 0 atom stereocenters. The molecule has 1 aliphatic heterocycles. The van der Waals surface area contributed by atoms with E-state index in [2.05, 4.69) is 25.8 Å². The molecule has 1 fully saturated rings. The first-order valence-corrected chi connectivity index (χ1v) is 9.67. The Morgan fingerprint density at radius 2 is 1.96 bits per heavy atom. The van der Waals surface area contributed by atoms with Gasteiger partial charge in [-0.3, -0.25) is 15.2 Å². The maximum Gasteiger partial charge on any atom is 0.261 e. The zero-order valence-electron chi connectivity index (χ0n) is 14.0. The number of hydrogen-bond acceptors (Lipinski definition) is 5. The SMILES string of the molecule is O=C(Nc1ncc(C2CCNCC2)s1)c1cn[nH]c1-c1ccc(Cl)cc1. The zero-order chi connectivity index (χ0) is 17.9. The van der Waals surface area contributed by atoms with Gasteiger partial charge in [0.15, 0.2) is 5.13 Å². The van der Waals surface area contributed by atoms with Crippen molar-refractivity contribution < 1.29 is 4.79 Å². The molecule has 8 heteroatoms. The zero-order valence-corrected chi connectivity index (χ0v) is 15.5. The number of H-pyrrole nitrogens is 1. The summed E-state index contributed by atoms with van der Waals surface area (Å²) in [7, 11) is 0. The quantitative estimate of drug-likeness (QED) is 0.633. The number of thiazole rings is 1. The van der Waals surface area contributed by atoms with Crippen LogP contribution in [0.15, 0.2) is 36.7 Å². The lowest BCUT2D eigenvalue weighted by Gasteiger charge is -2.20. The van der Waals surface area contributed by atoms with E-state index in [1.165, 1.54) is 11.1 Å². The number of carbonyl (C=O) groups is 1. The number of rotatable bonds is 4. The van der Waals surface area contributed by atoms with Gasteiger partial charge in [-0.2, -0.15) is 5.10 Å². The summed E-state index contributed by atoms with van der Waals surface area (Å²) in [6, 6.07) is 7.27. The number of anilines is 1. The maximum absolute atomic E-state index is 12.7. The summed E-state index contributed by atoms with van der Waals surface area (Å²) in [6.07, 6.45) is 5.63. The van der Waals surface area contributed by atoms with E-state index in [1.807, 2.05) is 18.3 Å². The van der Waals surface area contributed by atoms with E-state index in [0.717, 1.165) is 31.5 Å². The number of benzene rings is 1. The average molecular weight is 388 g/mol. The molecular formula is C18H18ClN5OS. The molecule has 134 valence electrons. The van der Waals surface area contributed by atoms with Gasteiger partial charge in [-0.15, -0.1) is 11.3 Å². The van der Waals surface area contributed by atoms with Crippen molar-refractivity contribution in [3.8, 4) is 11.3 Å². The average Bonchev–Trinajstić information content (AvgIpc) is 3.33. The summed E-state index contributed by atoms with van der Waals surface area (Å²) in [5, 5.41) is 14.4. The number of nitrogens with one attached hydrogen (secondary N) is 3. The molecule has 0 unspecified atom stereocenters. The molecule has 0 spiro atoms. The van der Waals surface area contributed by atoms with Gasteiger partial charge in [-0.1, -0.05) is 23.7 Å². The molecule has 1 aromatic carbocycles. The lowest BCUT2D eigenvalue weighted by molar-refractivity contribution is 0.102. The molecule has 1 saturated heterocycles. The molecule has 0 radical (unpaired) electrons. The van der Waals surface area contributed by atoms with Crippen LogP contribution in [-0.2, 0) is 0 Å². The van der Waals surface area contributed by atoms with Gasteiger partial charge in [0.05, 0.1) is 17.5 Å². The predicted octanol–water partition coefficient (Wildman–Crippen LogP) is 3.91. The fraction of sp³-hybridized carbons (Fsp3) is 0.278. The fourth-order valence-electron chi connectivity index (χ4n) is 3.10. The number of halogens is 1. The second kappa shape index (κ2) is 7.57. The summed E-state index contributed by atoms with van der Waals surface area (Å²) in [5.74, 6) is 0.299. The van der Waals surface area contributed by atoms with Gasteiger partial charge in [-0.05, 0) is 44.0 Å². The van der Waals surface area contributed by atoms with E-state index >= 15 is 0 Å². The van der Waals surface area contributed by atoms with Crippen LogP contribution < -0.4 is 10.6 Å². The van der Waals surface area contributed by atoms with Gasteiger partial charge in [0.2, 0.25) is 0 Å². The van der Waals surface area contributed by atoms with Crippen LogP contribution in [0.5, 0.6) is 0 Å². The van der Waals surface area contributed by atoms with Crippen molar-refractivity contribution in [2.24, 2.45) is 0 Å². The first kappa shape index (κ1) is 17.2. The molecule has 26 heavy (non-hydrogen) atoms. The first-order valence-electron chi connectivity index (χ1n) is 8.48. The van der Waals surface area contributed by atoms with E-state index in [0.29, 0.717) is 27.3 Å². The highest BCUT2D eigenvalue weighted by Crippen LogP contribution is 2.32. The molecule has 2 aromatic heterocycles. The minimum Gasteiger partial charge on any atom is -0.317 e. The number of hydrogen-bond donors (Lipinski definition) is 3. The van der Waals surface area contributed by atoms with Gasteiger partial charge in [0.25, 0.3) is 5.91 Å². The minimum absolute atomic E-state index is 0.227. The molecule has 1 aliphatic rings. The molecule has 3 N–H and O–H groups in total. The largest absolute Gasteiger partial charge is 0.317 e. The van der Waals surface area contributed by atoms with Crippen LogP contribution in [0.2, 0.25) is 5.02 Å². The van der Waals surface area contributed by atoms with Gasteiger partial charge < -0.3 is 5.32 Å². The van der Waals surface area contributed by atoms with E-state index in [4.69, 9.17) is 11.6 Å². The summed E-state index contributed by atoms with van der Waals surface area (Å²) >= 11 is 7.48. The highest BCUT2D eigenvalue weighted by Gasteiger charge is 2.20. The molecule has 0 bridgehead atoms. The van der Waals surface area contributed by atoms with E-state index in [-0.39, 0.29) is 5.91 Å². The standard InChI is InChI=1S/C18H18ClN5OS/c19-13-3-1-12(2-4-13)16-14(9-22-24-16)17(25)23-18-21-10-15(26-18)11-5-7-20-8-6-11/h1-4,9-11,20H,5-8H2,(H,22,24)(H,21,23,25). The Morgan fingerprint density at radius 1 is 1.19 bits per heavy atom. The Morgan fingerprint density at radius 3 is 2.73 bits per heavy atom. The molecule has 6 nitrogen and oxygen atoms in total. The van der Waals surface area contributed by atoms with Crippen molar-refractivity contribution >= 4 is 34.0 Å². The first-order chi connectivity index (χ1) is 12.7. The highest BCUT2D eigenvalue weighted by molar-refractivity contribution is 7.15. The Bertz CT molecular complexity index is 898. The van der Waals surface area contributed by atoms with Crippen LogP contribution in [0.25, 0.3) is 11.3 Å². The third-order valence-electron chi connectivity index (χ3n) is 4.50. The monoisotopic (exact) mass is 387 g/mol. The Labute approximate surface area is 160 Å². The number of aromatic amines is 1. The minimum atomic E-state index is -0.227. The molecule has 0 aliphatic carbocycles. The van der Waals surface area contributed by atoms with Gasteiger partial charge in [-0.25, -0.2) is 4.98 Å². The van der Waals surface area contributed by atoms with Crippen LogP contribution in [0.3, 0.4) is 0 Å². The van der Waals surface area contributed by atoms with Crippen LogP contribution in [-0.4, -0.2) is 34.2 Å². The third kappa shape index (κ3) is 3.65. The molecule has 0 saturated carbocycles. The van der Waals surface area contributed by atoms with Crippen molar-refractivity contribution in [1.29, 1.82) is 0 Å². The number of piperidine rings is 1. The van der Waals surface area contributed by atoms with Crippen molar-refractivity contribution in [1.82, 2.24) is 20.5 Å². The smallest absolute Gasteiger partial charge is 0.261 e. The van der Waals surface area contributed by atoms with Gasteiger partial charge >= 0.3 is 0 Å². The van der Waals surface area contributed by atoms with Crippen molar-refractivity contribution in [3.05, 3.63) is 52.1 Å². The van der Waals surface area contributed by atoms with Crippen LogP contribution in [0, 0.1) is 0 Å². The second-order valence-corrected chi connectivity index (χ2v) is 7.71. The molecule has 3 aromatic rings. The summed E-state index contributed by atoms with van der Waals surface area (Å²) < 4.78 is 0. The van der Waals surface area contributed by atoms with Gasteiger partial charge in [0.1, 0.15) is 0 Å². The van der Waals surface area contributed by atoms with Crippen molar-refractivity contribution in [2.45, 2.75) is 18.8 Å². The lowest BCUT2D eigenvalue weighted by Crippen LogP contribution is -2.26. The normalized spacial score (nSPS) is 15.1. The number of amides is 1. The fourth-order valence-corrected chi connectivity index (χ4v) is 4.21. The number of carbonyl (C=O) groups excluding carboxylic acids is 1. The molecule has 4 rings (SSSR count). The van der Waals surface area contributed by atoms with Crippen LogP contribution in [0.1, 0.15) is 34.0 Å². The molecular weight excluding hydrogens is 370 g/mol. The number of nitrogens with zero attached hydrogens (tertiary/aromatic N) is 2. The highest BCUT2D eigenvalue weighted by atomic mass is 35.5. The Balaban J connectivity index is 1.50. The summed E-state index contributed by atoms with van der Waals surface area (Å²) in [4.78, 5) is 18.3. The maximum atomic E-state index is 12.7. The van der Waals surface area contributed by atoms with Crippen molar-refractivity contribution in [3.63, 3.8) is 0 Å². The van der Waals surface area contributed by atoms with Gasteiger partial charge in [0, 0.05) is 21.7 Å². The van der Waals surface area contributed by atoms with E-state index in [9.17, 15) is 4.79 Å². The Kier molecular flexibility index (Phi) is 5.01. The third-order valence-corrected chi connectivity index (χ3v) is 5.83. The van der Waals surface area contributed by atoms with E-state index in [1.54, 1.807) is 23.5 Å². The van der Waals surface area contributed by atoms with Crippen LogP contribution >= 0.6 is 22.9 Å². The predicted molar refractivity (Wildman–Crippen MR) is 104 cm³/mol. The number of aromatic nitrogens is 3. The summed E-state index contributed by atoms with van der Waals surface area (Å²) in [5.41, 5.74) is 1.99. The van der Waals surface area contributed by atoms with Crippen molar-refractivity contribution in [2.75, 3.05) is 18.4 Å².